The zero-order valence-electron chi connectivity index (χ0n) is 16.2. The van der Waals surface area contributed by atoms with Crippen molar-refractivity contribution in [2.45, 2.75) is 6.04 Å². The summed E-state index contributed by atoms with van der Waals surface area (Å²) in [5.74, 6) is -1.14. The van der Waals surface area contributed by atoms with Crippen LogP contribution in [0.5, 0.6) is 5.75 Å². The van der Waals surface area contributed by atoms with Crippen LogP contribution in [0.15, 0.2) is 82.8 Å². The second kappa shape index (κ2) is 8.87. The van der Waals surface area contributed by atoms with Crippen molar-refractivity contribution in [3.8, 4) is 5.75 Å². The molecule has 1 saturated heterocycles. The van der Waals surface area contributed by atoms with Crippen molar-refractivity contribution < 1.29 is 19.4 Å². The Balaban J connectivity index is 1.84. The standard InChI is InChI=1S/C23H17BrN2O4S/c1-2-11-30-17-8-6-14(7-9-17)20(27)18-19(15-4-3-5-16(24)13-15)26(22(29)21(18)28)23-25-10-12-31-23/h2-10,12-13,19,27H,1,11H2/t19-/m0/s1. The van der Waals surface area contributed by atoms with Gasteiger partial charge in [-0.15, -0.1) is 11.3 Å². The number of thiazole rings is 1. The summed E-state index contributed by atoms with van der Waals surface area (Å²) in [6.45, 7) is 3.96. The molecule has 3 aromatic rings. The number of carbonyl (C=O) groups is 2. The van der Waals surface area contributed by atoms with Gasteiger partial charge in [-0.25, -0.2) is 4.98 Å². The third-order valence-electron chi connectivity index (χ3n) is 4.73. The molecule has 1 aliphatic rings. The molecule has 0 unspecified atom stereocenters. The summed E-state index contributed by atoms with van der Waals surface area (Å²) in [5, 5.41) is 13.2. The van der Waals surface area contributed by atoms with E-state index < -0.39 is 17.7 Å². The van der Waals surface area contributed by atoms with E-state index in [1.807, 2.05) is 18.2 Å². The van der Waals surface area contributed by atoms with Gasteiger partial charge in [0, 0.05) is 21.6 Å². The maximum atomic E-state index is 13.0. The number of aliphatic hydroxyl groups excluding tert-OH is 1. The number of ether oxygens (including phenoxy) is 1. The van der Waals surface area contributed by atoms with Crippen molar-refractivity contribution in [1.82, 2.24) is 4.98 Å². The van der Waals surface area contributed by atoms with E-state index in [-0.39, 0.29) is 11.3 Å². The second-order valence-corrected chi connectivity index (χ2v) is 8.45. The molecular weight excluding hydrogens is 480 g/mol. The molecule has 1 amide bonds. The highest BCUT2D eigenvalue weighted by atomic mass is 79.9. The number of amides is 1. The molecule has 0 aliphatic carbocycles. The fraction of sp³-hybridized carbons (Fsp3) is 0.0870. The molecule has 2 aromatic carbocycles. The molecular formula is C23H17BrN2O4S. The highest BCUT2D eigenvalue weighted by Gasteiger charge is 2.48. The summed E-state index contributed by atoms with van der Waals surface area (Å²) in [5.41, 5.74) is 1.09. The topological polar surface area (TPSA) is 79.7 Å². The number of aliphatic hydroxyl groups is 1. The minimum absolute atomic E-state index is 0.0121. The molecule has 1 N–H and O–H groups in total. The van der Waals surface area contributed by atoms with Gasteiger partial charge in [0.25, 0.3) is 5.78 Å². The quantitative estimate of drug-likeness (QED) is 0.222. The number of halogens is 1. The van der Waals surface area contributed by atoms with E-state index in [4.69, 9.17) is 4.74 Å². The molecule has 31 heavy (non-hydrogen) atoms. The second-order valence-electron chi connectivity index (χ2n) is 6.66. The van der Waals surface area contributed by atoms with Crippen LogP contribution >= 0.6 is 27.3 Å². The van der Waals surface area contributed by atoms with E-state index in [2.05, 4.69) is 27.5 Å². The van der Waals surface area contributed by atoms with Gasteiger partial charge >= 0.3 is 5.91 Å². The van der Waals surface area contributed by atoms with Crippen molar-refractivity contribution in [3.63, 3.8) is 0 Å². The maximum absolute atomic E-state index is 13.0. The molecule has 0 bridgehead atoms. The molecule has 1 aliphatic heterocycles. The summed E-state index contributed by atoms with van der Waals surface area (Å²) >= 11 is 4.69. The minimum atomic E-state index is -0.805. The Hall–Kier alpha value is -3.23. The molecule has 8 heteroatoms. The van der Waals surface area contributed by atoms with E-state index in [0.717, 1.165) is 4.47 Å². The van der Waals surface area contributed by atoms with Crippen LogP contribution in [-0.2, 0) is 9.59 Å². The first kappa shape index (κ1) is 21.0. The molecule has 1 fully saturated rings. The average molecular weight is 497 g/mol. The van der Waals surface area contributed by atoms with Crippen LogP contribution in [0.25, 0.3) is 5.76 Å². The summed E-state index contributed by atoms with van der Waals surface area (Å²) in [7, 11) is 0. The predicted molar refractivity (Wildman–Crippen MR) is 123 cm³/mol. The van der Waals surface area contributed by atoms with Gasteiger partial charge in [0.2, 0.25) is 0 Å². The number of aromatic nitrogens is 1. The molecule has 1 aromatic heterocycles. The Morgan fingerprint density at radius 1 is 1.26 bits per heavy atom. The third kappa shape index (κ3) is 4.04. The predicted octanol–water partition coefficient (Wildman–Crippen LogP) is 5.10. The van der Waals surface area contributed by atoms with Crippen LogP contribution in [0.1, 0.15) is 17.2 Å². The Morgan fingerprint density at radius 2 is 2.03 bits per heavy atom. The zero-order chi connectivity index (χ0) is 22.0. The monoisotopic (exact) mass is 496 g/mol. The highest BCUT2D eigenvalue weighted by molar-refractivity contribution is 9.10. The Bertz CT molecular complexity index is 1170. The first-order valence-electron chi connectivity index (χ1n) is 9.31. The van der Waals surface area contributed by atoms with Crippen LogP contribution in [0.4, 0.5) is 5.13 Å². The summed E-state index contributed by atoms with van der Waals surface area (Å²) in [4.78, 5) is 31.5. The van der Waals surface area contributed by atoms with Gasteiger partial charge in [0.1, 0.15) is 18.1 Å². The van der Waals surface area contributed by atoms with E-state index in [9.17, 15) is 14.7 Å². The number of anilines is 1. The van der Waals surface area contributed by atoms with E-state index >= 15 is 0 Å². The van der Waals surface area contributed by atoms with E-state index in [0.29, 0.717) is 28.6 Å². The lowest BCUT2D eigenvalue weighted by molar-refractivity contribution is -0.132. The summed E-state index contributed by atoms with van der Waals surface area (Å²) in [6, 6.07) is 13.1. The number of carbonyl (C=O) groups excluding carboxylic acids is 2. The number of hydrogen-bond donors (Lipinski definition) is 1. The van der Waals surface area contributed by atoms with E-state index in [1.54, 1.807) is 48.0 Å². The lowest BCUT2D eigenvalue weighted by atomic mass is 9.95. The summed E-state index contributed by atoms with van der Waals surface area (Å²) in [6.07, 6.45) is 3.20. The maximum Gasteiger partial charge on any atom is 0.301 e. The molecule has 0 saturated carbocycles. The number of nitrogens with zero attached hydrogens (tertiary/aromatic N) is 2. The van der Waals surface area contributed by atoms with Crippen LogP contribution in [-0.4, -0.2) is 28.4 Å². The molecule has 1 atom stereocenters. The molecule has 4 rings (SSSR count). The number of ketones is 1. The van der Waals surface area contributed by atoms with Gasteiger partial charge in [0.05, 0.1) is 11.6 Å². The van der Waals surface area contributed by atoms with Crippen molar-refractivity contribution in [1.29, 1.82) is 0 Å². The Labute approximate surface area is 191 Å². The van der Waals surface area contributed by atoms with Crippen LogP contribution in [0, 0.1) is 0 Å². The van der Waals surface area contributed by atoms with Crippen molar-refractivity contribution >= 4 is 49.8 Å². The first-order valence-corrected chi connectivity index (χ1v) is 11.0. The molecule has 2 heterocycles. The first-order chi connectivity index (χ1) is 15.0. The largest absolute Gasteiger partial charge is 0.507 e. The lowest BCUT2D eigenvalue weighted by Gasteiger charge is -2.23. The highest BCUT2D eigenvalue weighted by Crippen LogP contribution is 2.43. The number of rotatable bonds is 6. The average Bonchev–Trinajstić information content (AvgIpc) is 3.39. The van der Waals surface area contributed by atoms with Crippen molar-refractivity contribution in [3.05, 3.63) is 93.9 Å². The Morgan fingerprint density at radius 3 is 2.68 bits per heavy atom. The third-order valence-corrected chi connectivity index (χ3v) is 5.99. The SMILES string of the molecule is C=CCOc1ccc(C(O)=C2C(=O)C(=O)N(c3nccs3)[C@H]2c2cccc(Br)c2)cc1. The number of Topliss-reactive ketones (excluding diaryl/α,β-unsaturated/α-hetero) is 1. The lowest BCUT2D eigenvalue weighted by Crippen LogP contribution is -2.29. The summed E-state index contributed by atoms with van der Waals surface area (Å²) < 4.78 is 6.26. The molecule has 156 valence electrons. The van der Waals surface area contributed by atoms with Gasteiger partial charge in [-0.1, -0.05) is 40.7 Å². The van der Waals surface area contributed by atoms with Gasteiger partial charge in [-0.2, -0.15) is 0 Å². The van der Waals surface area contributed by atoms with Crippen LogP contribution < -0.4 is 9.64 Å². The number of hydrogen-bond acceptors (Lipinski definition) is 6. The Kier molecular flexibility index (Phi) is 6.01. The van der Waals surface area contributed by atoms with Crippen LogP contribution in [0.3, 0.4) is 0 Å². The van der Waals surface area contributed by atoms with Gasteiger partial charge < -0.3 is 9.84 Å². The van der Waals surface area contributed by atoms with E-state index in [1.165, 1.54) is 16.2 Å². The van der Waals surface area contributed by atoms with Gasteiger partial charge in [0.15, 0.2) is 5.13 Å². The molecule has 0 spiro atoms. The minimum Gasteiger partial charge on any atom is -0.507 e. The fourth-order valence-electron chi connectivity index (χ4n) is 3.38. The van der Waals surface area contributed by atoms with Crippen molar-refractivity contribution in [2.24, 2.45) is 0 Å². The van der Waals surface area contributed by atoms with Crippen LogP contribution in [0.2, 0.25) is 0 Å². The normalized spacial score (nSPS) is 17.7. The molecule has 6 nitrogen and oxygen atoms in total. The van der Waals surface area contributed by atoms with Crippen molar-refractivity contribution in [2.75, 3.05) is 11.5 Å². The zero-order valence-corrected chi connectivity index (χ0v) is 18.6. The smallest absolute Gasteiger partial charge is 0.301 e. The van der Waals surface area contributed by atoms with Gasteiger partial charge in [-0.05, 0) is 42.0 Å². The molecule has 0 radical (unpaired) electrons. The number of benzene rings is 2. The van der Waals surface area contributed by atoms with Gasteiger partial charge in [-0.3, -0.25) is 14.5 Å². The fourth-order valence-corrected chi connectivity index (χ4v) is 4.46.